The summed E-state index contributed by atoms with van der Waals surface area (Å²) in [6.07, 6.45) is 1.80. The van der Waals surface area contributed by atoms with E-state index >= 15 is 0 Å². The Labute approximate surface area is 182 Å². The minimum atomic E-state index is -0.122. The highest BCUT2D eigenvalue weighted by atomic mass is 79.9. The van der Waals surface area contributed by atoms with Gasteiger partial charge in [0, 0.05) is 17.1 Å². The maximum atomic E-state index is 13.1. The van der Waals surface area contributed by atoms with Crippen molar-refractivity contribution in [2.24, 2.45) is 4.99 Å². The standard InChI is InChI=1S/C21H21BrN2O4S/c1-26-10-9-24-20(25)18(29-21(24)23-16-7-5-4-6-8-16)12-14-11-15(22)13-17(27-2)19(14)28-3/h4-8,11-13H,9-10H2,1-3H3/b18-12-,23-21?. The topological polar surface area (TPSA) is 60.4 Å². The maximum Gasteiger partial charge on any atom is 0.266 e. The van der Waals surface area contributed by atoms with Gasteiger partial charge in [-0.05, 0) is 42.1 Å². The Balaban J connectivity index is 2.01. The van der Waals surface area contributed by atoms with Gasteiger partial charge in [0.05, 0.1) is 38.0 Å². The summed E-state index contributed by atoms with van der Waals surface area (Å²) in [5.41, 5.74) is 1.52. The van der Waals surface area contributed by atoms with Gasteiger partial charge in [-0.1, -0.05) is 34.1 Å². The van der Waals surface area contributed by atoms with E-state index in [1.54, 1.807) is 32.3 Å². The summed E-state index contributed by atoms with van der Waals surface area (Å²) in [6, 6.07) is 13.3. The molecular weight excluding hydrogens is 456 g/mol. The second kappa shape index (κ2) is 9.96. The predicted octanol–water partition coefficient (Wildman–Crippen LogP) is 4.72. The van der Waals surface area contributed by atoms with E-state index in [0.29, 0.717) is 34.7 Å². The van der Waals surface area contributed by atoms with Crippen LogP contribution in [0.15, 0.2) is 56.8 Å². The van der Waals surface area contributed by atoms with E-state index in [0.717, 1.165) is 15.7 Å². The molecule has 1 heterocycles. The lowest BCUT2D eigenvalue weighted by Crippen LogP contribution is -2.32. The summed E-state index contributed by atoms with van der Waals surface area (Å²) in [4.78, 5) is 19.9. The summed E-state index contributed by atoms with van der Waals surface area (Å²) in [5.74, 6) is 1.02. The number of carbonyl (C=O) groups excluding carboxylic acids is 1. The highest BCUT2D eigenvalue weighted by Crippen LogP contribution is 2.39. The molecule has 152 valence electrons. The minimum absolute atomic E-state index is 0.122. The Bertz CT molecular complexity index is 947. The lowest BCUT2D eigenvalue weighted by Gasteiger charge is -2.14. The molecule has 0 unspecified atom stereocenters. The van der Waals surface area contributed by atoms with Crippen molar-refractivity contribution in [3.05, 3.63) is 57.4 Å². The second-order valence-corrected chi connectivity index (χ2v) is 7.95. The molecule has 2 aromatic rings. The number of thioether (sulfide) groups is 1. The number of aliphatic imine (C=N–C) groups is 1. The molecule has 29 heavy (non-hydrogen) atoms. The van der Waals surface area contributed by atoms with Crippen LogP contribution in [-0.4, -0.2) is 50.5 Å². The number of hydrogen-bond donors (Lipinski definition) is 0. The van der Waals surface area contributed by atoms with Crippen LogP contribution in [0.25, 0.3) is 6.08 Å². The molecule has 0 N–H and O–H groups in total. The van der Waals surface area contributed by atoms with E-state index in [2.05, 4.69) is 20.9 Å². The number of ether oxygens (including phenoxy) is 3. The average molecular weight is 477 g/mol. The maximum absolute atomic E-state index is 13.1. The fourth-order valence-electron chi connectivity index (χ4n) is 2.79. The first-order valence-corrected chi connectivity index (χ1v) is 10.4. The van der Waals surface area contributed by atoms with Crippen LogP contribution in [0.5, 0.6) is 11.5 Å². The quantitative estimate of drug-likeness (QED) is 0.541. The van der Waals surface area contributed by atoms with Gasteiger partial charge in [-0.25, -0.2) is 4.99 Å². The minimum Gasteiger partial charge on any atom is -0.493 e. The van der Waals surface area contributed by atoms with Crippen LogP contribution in [0.4, 0.5) is 5.69 Å². The van der Waals surface area contributed by atoms with Crippen molar-refractivity contribution >= 4 is 50.5 Å². The van der Waals surface area contributed by atoms with Crippen molar-refractivity contribution in [1.29, 1.82) is 0 Å². The summed E-state index contributed by atoms with van der Waals surface area (Å²) in [7, 11) is 4.76. The van der Waals surface area contributed by atoms with E-state index in [4.69, 9.17) is 14.2 Å². The molecule has 1 amide bonds. The van der Waals surface area contributed by atoms with Crippen LogP contribution in [0.2, 0.25) is 0 Å². The first-order valence-electron chi connectivity index (χ1n) is 8.83. The smallest absolute Gasteiger partial charge is 0.266 e. The molecule has 8 heteroatoms. The number of nitrogens with zero attached hydrogens (tertiary/aromatic N) is 2. The third-order valence-electron chi connectivity index (χ3n) is 4.15. The van der Waals surface area contributed by atoms with Crippen LogP contribution in [0.3, 0.4) is 0 Å². The largest absolute Gasteiger partial charge is 0.493 e. The first kappa shape index (κ1) is 21.4. The Kier molecular flexibility index (Phi) is 7.35. The molecular formula is C21H21BrN2O4S. The SMILES string of the molecule is COCCN1C(=O)/C(=C/c2cc(Br)cc(OC)c2OC)SC1=Nc1ccccc1. The molecule has 0 bridgehead atoms. The third kappa shape index (κ3) is 5.01. The predicted molar refractivity (Wildman–Crippen MR) is 120 cm³/mol. The summed E-state index contributed by atoms with van der Waals surface area (Å²) in [5, 5.41) is 0.616. The van der Waals surface area contributed by atoms with E-state index in [1.807, 2.05) is 42.5 Å². The molecule has 0 radical (unpaired) electrons. The van der Waals surface area contributed by atoms with Gasteiger partial charge in [0.15, 0.2) is 16.7 Å². The number of carbonyl (C=O) groups is 1. The van der Waals surface area contributed by atoms with Gasteiger partial charge < -0.3 is 14.2 Å². The molecule has 6 nitrogen and oxygen atoms in total. The lowest BCUT2D eigenvalue weighted by molar-refractivity contribution is -0.122. The summed E-state index contributed by atoms with van der Waals surface area (Å²) >= 11 is 4.80. The van der Waals surface area contributed by atoms with E-state index in [9.17, 15) is 4.79 Å². The van der Waals surface area contributed by atoms with Crippen LogP contribution < -0.4 is 9.47 Å². The number of methoxy groups -OCH3 is 3. The van der Waals surface area contributed by atoms with Gasteiger partial charge in [0.25, 0.3) is 5.91 Å². The third-order valence-corrected chi connectivity index (χ3v) is 5.61. The zero-order valence-electron chi connectivity index (χ0n) is 16.3. The molecule has 0 saturated carbocycles. The van der Waals surface area contributed by atoms with Crippen molar-refractivity contribution in [2.75, 3.05) is 34.5 Å². The zero-order chi connectivity index (χ0) is 20.8. The number of para-hydroxylation sites is 1. The monoisotopic (exact) mass is 476 g/mol. The van der Waals surface area contributed by atoms with E-state index in [1.165, 1.54) is 11.8 Å². The molecule has 2 aromatic carbocycles. The number of rotatable bonds is 7. The molecule has 1 fully saturated rings. The Hall–Kier alpha value is -2.29. The second-order valence-electron chi connectivity index (χ2n) is 6.02. The van der Waals surface area contributed by atoms with Crippen molar-refractivity contribution < 1.29 is 19.0 Å². The highest BCUT2D eigenvalue weighted by Gasteiger charge is 2.33. The molecule has 1 aliphatic heterocycles. The van der Waals surface area contributed by atoms with Crippen LogP contribution >= 0.6 is 27.7 Å². The average Bonchev–Trinajstić information content (AvgIpc) is 3.00. The number of hydrogen-bond acceptors (Lipinski definition) is 6. The van der Waals surface area contributed by atoms with Crippen LogP contribution in [0, 0.1) is 0 Å². The number of halogens is 1. The van der Waals surface area contributed by atoms with Crippen LogP contribution in [-0.2, 0) is 9.53 Å². The van der Waals surface area contributed by atoms with Gasteiger partial charge in [0.1, 0.15) is 0 Å². The van der Waals surface area contributed by atoms with Crippen molar-refractivity contribution in [3.63, 3.8) is 0 Å². The van der Waals surface area contributed by atoms with Gasteiger partial charge in [-0.15, -0.1) is 0 Å². The molecule has 0 atom stereocenters. The Morgan fingerprint density at radius 2 is 1.90 bits per heavy atom. The fraction of sp³-hybridized carbons (Fsp3) is 0.238. The number of amidine groups is 1. The van der Waals surface area contributed by atoms with Gasteiger partial charge in [-0.2, -0.15) is 0 Å². The lowest BCUT2D eigenvalue weighted by atomic mass is 10.1. The molecule has 0 aliphatic carbocycles. The Morgan fingerprint density at radius 1 is 1.14 bits per heavy atom. The first-order chi connectivity index (χ1) is 14.1. The van der Waals surface area contributed by atoms with Gasteiger partial charge in [0.2, 0.25) is 0 Å². The van der Waals surface area contributed by atoms with E-state index < -0.39 is 0 Å². The molecule has 0 aromatic heterocycles. The zero-order valence-corrected chi connectivity index (χ0v) is 18.7. The van der Waals surface area contributed by atoms with Gasteiger partial charge >= 0.3 is 0 Å². The molecule has 1 saturated heterocycles. The summed E-state index contributed by atoms with van der Waals surface area (Å²) < 4.78 is 16.9. The number of benzene rings is 2. The molecule has 0 spiro atoms. The van der Waals surface area contributed by atoms with E-state index in [-0.39, 0.29) is 5.91 Å². The highest BCUT2D eigenvalue weighted by molar-refractivity contribution is 9.10. The molecule has 3 rings (SSSR count). The van der Waals surface area contributed by atoms with Crippen molar-refractivity contribution in [3.8, 4) is 11.5 Å². The van der Waals surface area contributed by atoms with Gasteiger partial charge in [-0.3, -0.25) is 9.69 Å². The van der Waals surface area contributed by atoms with Crippen molar-refractivity contribution in [2.45, 2.75) is 0 Å². The van der Waals surface area contributed by atoms with Crippen LogP contribution in [0.1, 0.15) is 5.56 Å². The number of amides is 1. The summed E-state index contributed by atoms with van der Waals surface area (Å²) in [6.45, 7) is 0.839. The van der Waals surface area contributed by atoms with Crippen molar-refractivity contribution in [1.82, 2.24) is 4.90 Å². The Morgan fingerprint density at radius 3 is 2.55 bits per heavy atom. The normalized spacial score (nSPS) is 16.7. The molecule has 1 aliphatic rings. The fourth-order valence-corrected chi connectivity index (χ4v) is 4.26.